The summed E-state index contributed by atoms with van der Waals surface area (Å²) < 4.78 is 10.3. The number of amides is 1. The van der Waals surface area contributed by atoms with Crippen molar-refractivity contribution >= 4 is 18.1 Å². The van der Waals surface area contributed by atoms with Gasteiger partial charge >= 0.3 is 12.1 Å². The van der Waals surface area contributed by atoms with Crippen LogP contribution in [0, 0.1) is 0 Å². The molecule has 1 N–H and O–H groups in total. The van der Waals surface area contributed by atoms with Crippen molar-refractivity contribution in [2.45, 2.75) is 5.92 Å². The number of hydrogen-bond donors (Lipinski definition) is 1. The summed E-state index contributed by atoms with van der Waals surface area (Å²) in [6.07, 6.45) is 6.04. The molecule has 0 saturated heterocycles. The SMILES string of the molecule is COC(=O)c1ccncc1C=CCNC(=O)OCC1c2ccccc2-c2ccccc21. The lowest BCUT2D eigenvalue weighted by molar-refractivity contribution is 0.0600. The van der Waals surface area contributed by atoms with Gasteiger partial charge in [-0.1, -0.05) is 60.7 Å². The first kappa shape index (κ1) is 20.3. The Labute approximate surface area is 180 Å². The second kappa shape index (κ2) is 9.26. The maximum Gasteiger partial charge on any atom is 0.407 e. The lowest BCUT2D eigenvalue weighted by atomic mass is 9.98. The summed E-state index contributed by atoms with van der Waals surface area (Å²) in [5.41, 5.74) is 5.74. The van der Waals surface area contributed by atoms with E-state index in [-0.39, 0.29) is 19.1 Å². The summed E-state index contributed by atoms with van der Waals surface area (Å²) in [4.78, 5) is 28.0. The summed E-state index contributed by atoms with van der Waals surface area (Å²) in [5, 5.41) is 2.70. The largest absolute Gasteiger partial charge is 0.465 e. The molecule has 0 atom stereocenters. The van der Waals surface area contributed by atoms with Gasteiger partial charge in [0.05, 0.1) is 12.7 Å². The van der Waals surface area contributed by atoms with Gasteiger partial charge in [-0.2, -0.15) is 0 Å². The number of carbonyl (C=O) groups is 2. The Morgan fingerprint density at radius 1 is 1.03 bits per heavy atom. The Hall–Kier alpha value is -3.93. The van der Waals surface area contributed by atoms with Crippen LogP contribution in [0.2, 0.25) is 0 Å². The van der Waals surface area contributed by atoms with Gasteiger partial charge in [0.1, 0.15) is 6.61 Å². The van der Waals surface area contributed by atoms with Gasteiger partial charge < -0.3 is 14.8 Å². The highest BCUT2D eigenvalue weighted by atomic mass is 16.5. The van der Waals surface area contributed by atoms with Crippen LogP contribution in [-0.4, -0.2) is 37.3 Å². The van der Waals surface area contributed by atoms with Gasteiger partial charge in [-0.3, -0.25) is 4.98 Å². The maximum atomic E-state index is 12.2. The van der Waals surface area contributed by atoms with Crippen LogP contribution >= 0.6 is 0 Å². The third-order valence-electron chi connectivity index (χ3n) is 5.26. The molecule has 3 aromatic rings. The molecule has 2 aromatic carbocycles. The summed E-state index contributed by atoms with van der Waals surface area (Å²) in [6.45, 7) is 0.519. The van der Waals surface area contributed by atoms with Crippen LogP contribution in [0.3, 0.4) is 0 Å². The first-order valence-corrected chi connectivity index (χ1v) is 9.96. The van der Waals surface area contributed by atoms with Crippen molar-refractivity contribution in [2.75, 3.05) is 20.3 Å². The number of benzene rings is 2. The standard InChI is InChI=1S/C25H22N2O4/c1-30-24(28)18-12-14-26-15-17(18)7-6-13-27-25(29)31-16-23-21-10-4-2-8-19(21)20-9-3-5-11-22(20)23/h2-12,14-15,23H,13,16H2,1H3,(H,27,29). The molecule has 0 bridgehead atoms. The van der Waals surface area contributed by atoms with Crippen LogP contribution < -0.4 is 5.32 Å². The Bertz CT molecular complexity index is 1090. The molecule has 1 aromatic heterocycles. The molecule has 1 aliphatic carbocycles. The summed E-state index contributed by atoms with van der Waals surface area (Å²) in [5.74, 6) is -0.418. The first-order valence-electron chi connectivity index (χ1n) is 9.96. The fourth-order valence-corrected chi connectivity index (χ4v) is 3.81. The minimum atomic E-state index is -0.495. The van der Waals surface area contributed by atoms with Gasteiger partial charge in [-0.05, 0) is 28.3 Å². The van der Waals surface area contributed by atoms with Crippen LogP contribution in [0.15, 0.2) is 73.1 Å². The number of hydrogen-bond acceptors (Lipinski definition) is 5. The van der Waals surface area contributed by atoms with E-state index in [0.29, 0.717) is 11.1 Å². The number of nitrogens with one attached hydrogen (secondary N) is 1. The molecule has 1 heterocycles. The summed E-state index contributed by atoms with van der Waals surface area (Å²) in [6, 6.07) is 18.0. The van der Waals surface area contributed by atoms with Gasteiger partial charge in [0.15, 0.2) is 0 Å². The van der Waals surface area contributed by atoms with E-state index in [1.807, 2.05) is 24.3 Å². The third kappa shape index (κ3) is 4.33. The molecule has 6 nitrogen and oxygen atoms in total. The normalized spacial score (nSPS) is 12.3. The summed E-state index contributed by atoms with van der Waals surface area (Å²) >= 11 is 0. The van der Waals surface area contributed by atoms with Crippen LogP contribution in [0.5, 0.6) is 0 Å². The highest BCUT2D eigenvalue weighted by molar-refractivity contribution is 5.93. The zero-order valence-electron chi connectivity index (χ0n) is 17.1. The van der Waals surface area contributed by atoms with Gasteiger partial charge in [0, 0.05) is 30.4 Å². The van der Waals surface area contributed by atoms with E-state index in [9.17, 15) is 9.59 Å². The minimum absolute atomic E-state index is 0.0201. The molecule has 156 valence electrons. The van der Waals surface area contributed by atoms with E-state index in [1.165, 1.54) is 35.6 Å². The van der Waals surface area contributed by atoms with Crippen molar-refractivity contribution in [3.8, 4) is 11.1 Å². The number of esters is 1. The van der Waals surface area contributed by atoms with E-state index in [0.717, 1.165) is 0 Å². The van der Waals surface area contributed by atoms with Gasteiger partial charge in [-0.15, -0.1) is 0 Å². The Balaban J connectivity index is 1.34. The molecule has 0 unspecified atom stereocenters. The number of methoxy groups -OCH3 is 1. The van der Waals surface area contributed by atoms with Crippen LogP contribution in [0.4, 0.5) is 4.79 Å². The topological polar surface area (TPSA) is 77.5 Å². The van der Waals surface area contributed by atoms with Crippen molar-refractivity contribution < 1.29 is 19.1 Å². The number of nitrogens with zero attached hydrogens (tertiary/aromatic N) is 1. The molecule has 1 aliphatic rings. The Morgan fingerprint density at radius 2 is 1.71 bits per heavy atom. The highest BCUT2D eigenvalue weighted by Crippen LogP contribution is 2.44. The van der Waals surface area contributed by atoms with Crippen molar-refractivity contribution in [3.05, 3.63) is 95.3 Å². The Kier molecular flexibility index (Phi) is 6.08. The minimum Gasteiger partial charge on any atom is -0.465 e. The number of alkyl carbamates (subject to hydrolysis) is 1. The van der Waals surface area contributed by atoms with E-state index in [1.54, 1.807) is 24.4 Å². The molecule has 0 saturated carbocycles. The highest BCUT2D eigenvalue weighted by Gasteiger charge is 2.28. The van der Waals surface area contributed by atoms with Crippen molar-refractivity contribution in [2.24, 2.45) is 0 Å². The monoisotopic (exact) mass is 414 g/mol. The van der Waals surface area contributed by atoms with E-state index < -0.39 is 12.1 Å². The predicted molar refractivity (Wildman–Crippen MR) is 118 cm³/mol. The second-order valence-corrected chi connectivity index (χ2v) is 7.06. The molecule has 0 radical (unpaired) electrons. The maximum absolute atomic E-state index is 12.2. The number of aromatic nitrogens is 1. The molecular weight excluding hydrogens is 392 g/mol. The first-order chi connectivity index (χ1) is 15.2. The number of ether oxygens (including phenoxy) is 2. The number of fused-ring (bicyclic) bond motifs is 3. The second-order valence-electron chi connectivity index (χ2n) is 7.06. The average Bonchev–Trinajstić information content (AvgIpc) is 3.14. The third-order valence-corrected chi connectivity index (χ3v) is 5.26. The van der Waals surface area contributed by atoms with Crippen molar-refractivity contribution in [3.63, 3.8) is 0 Å². The van der Waals surface area contributed by atoms with Gasteiger partial charge in [0.2, 0.25) is 0 Å². The predicted octanol–water partition coefficient (Wildman–Crippen LogP) is 4.42. The zero-order valence-corrected chi connectivity index (χ0v) is 17.1. The van der Waals surface area contributed by atoms with Crippen molar-refractivity contribution in [1.82, 2.24) is 10.3 Å². The molecule has 4 rings (SSSR count). The van der Waals surface area contributed by atoms with Gasteiger partial charge in [-0.25, -0.2) is 9.59 Å². The quantitative estimate of drug-likeness (QED) is 0.604. The number of rotatable bonds is 6. The van der Waals surface area contributed by atoms with Crippen LogP contribution in [0.25, 0.3) is 17.2 Å². The lowest BCUT2D eigenvalue weighted by Gasteiger charge is -2.14. The summed E-state index contributed by atoms with van der Waals surface area (Å²) in [7, 11) is 1.33. The molecule has 6 heteroatoms. The zero-order chi connectivity index (χ0) is 21.6. The van der Waals surface area contributed by atoms with E-state index >= 15 is 0 Å². The average molecular weight is 414 g/mol. The van der Waals surface area contributed by atoms with E-state index in [2.05, 4.69) is 34.6 Å². The molecule has 0 fully saturated rings. The molecule has 1 amide bonds. The number of pyridine rings is 1. The fraction of sp³-hybridized carbons (Fsp3) is 0.160. The van der Waals surface area contributed by atoms with Crippen LogP contribution in [-0.2, 0) is 9.47 Å². The van der Waals surface area contributed by atoms with Crippen LogP contribution in [0.1, 0.15) is 33.0 Å². The molecular formula is C25H22N2O4. The lowest BCUT2D eigenvalue weighted by Crippen LogP contribution is -2.26. The van der Waals surface area contributed by atoms with Gasteiger partial charge in [0.25, 0.3) is 0 Å². The fourth-order valence-electron chi connectivity index (χ4n) is 3.81. The van der Waals surface area contributed by atoms with E-state index in [4.69, 9.17) is 9.47 Å². The smallest absolute Gasteiger partial charge is 0.407 e. The molecule has 31 heavy (non-hydrogen) atoms. The number of carbonyl (C=O) groups excluding carboxylic acids is 2. The Morgan fingerprint density at radius 3 is 2.39 bits per heavy atom. The molecule has 0 aliphatic heterocycles. The molecule has 0 spiro atoms. The van der Waals surface area contributed by atoms with Crippen molar-refractivity contribution in [1.29, 1.82) is 0 Å².